The van der Waals surface area contributed by atoms with Crippen molar-refractivity contribution in [3.8, 4) is 28.8 Å². The maximum atomic E-state index is 13.6. The van der Waals surface area contributed by atoms with Gasteiger partial charge in [0.2, 0.25) is 0 Å². The van der Waals surface area contributed by atoms with Crippen LogP contribution in [0.15, 0.2) is 84.5 Å². The van der Waals surface area contributed by atoms with Crippen molar-refractivity contribution < 1.29 is 38.7 Å². The summed E-state index contributed by atoms with van der Waals surface area (Å²) in [6.07, 6.45) is 19.1. The van der Waals surface area contributed by atoms with Crippen LogP contribution in [0.2, 0.25) is 0 Å². The van der Waals surface area contributed by atoms with Gasteiger partial charge in [-0.15, -0.1) is 0 Å². The van der Waals surface area contributed by atoms with Gasteiger partial charge in [-0.2, -0.15) is 15.5 Å². The molecule has 10 aliphatic rings. The summed E-state index contributed by atoms with van der Waals surface area (Å²) in [7, 11) is 0. The Morgan fingerprint density at radius 2 is 0.936 bits per heavy atom. The molecule has 4 bridgehead atoms. The number of carboxylic acids is 2. The monoisotopic (exact) mass is 1510 g/mol. The topological polar surface area (TPSA) is 275 Å². The fourth-order valence-electron chi connectivity index (χ4n) is 26.1. The van der Waals surface area contributed by atoms with Crippen LogP contribution in [-0.4, -0.2) is 115 Å². The molecule has 18 heteroatoms. The average Bonchev–Trinajstić information content (AvgIpc) is 0.717. The first-order valence-electron chi connectivity index (χ1n) is 42.1. The molecular weight excluding hydrogens is 1370 g/mol. The molecule has 2 aromatic carbocycles. The quantitative estimate of drug-likeness (QED) is 0.0615. The van der Waals surface area contributed by atoms with Gasteiger partial charge >= 0.3 is 11.9 Å². The van der Waals surface area contributed by atoms with E-state index in [1.54, 1.807) is 12.7 Å². The minimum Gasteiger partial charge on any atom is -0.481 e. The molecule has 110 heavy (non-hydrogen) atoms. The van der Waals surface area contributed by atoms with E-state index in [0.717, 1.165) is 105 Å². The third-order valence-corrected chi connectivity index (χ3v) is 35.2. The van der Waals surface area contributed by atoms with Crippen LogP contribution in [0.4, 0.5) is 0 Å². The van der Waals surface area contributed by atoms with Gasteiger partial charge in [-0.3, -0.25) is 9.59 Å². The Hall–Kier alpha value is -5.65. The highest BCUT2D eigenvalue weighted by atomic mass is 16.5. The molecule has 24 atom stereocenters. The number of hydrogen-bond acceptors (Lipinski definition) is 14. The summed E-state index contributed by atoms with van der Waals surface area (Å²) in [6, 6.07) is 17.9. The Morgan fingerprint density at radius 1 is 0.564 bits per heavy atom. The zero-order valence-corrected chi connectivity index (χ0v) is 71.2. The summed E-state index contributed by atoms with van der Waals surface area (Å²) < 4.78 is 32.3. The molecule has 4 aromatic rings. The first kappa shape index (κ1) is 82.3. The van der Waals surface area contributed by atoms with E-state index in [1.807, 2.05) is 24.3 Å². The number of ether oxygens (including phenoxy) is 4. The fraction of sp³-hybridized carbons (Fsp3) is 0.750. The van der Waals surface area contributed by atoms with Crippen LogP contribution in [0.3, 0.4) is 0 Å². The van der Waals surface area contributed by atoms with Gasteiger partial charge in [-0.1, -0.05) is 186 Å². The van der Waals surface area contributed by atoms with Crippen molar-refractivity contribution in [2.24, 2.45) is 141 Å². The summed E-state index contributed by atoms with van der Waals surface area (Å²) in [5, 5.41) is 41.8. The zero-order chi connectivity index (χ0) is 80.3. The van der Waals surface area contributed by atoms with E-state index in [2.05, 4.69) is 204 Å². The second-order valence-electron chi connectivity index (χ2n) is 42.7. The summed E-state index contributed by atoms with van der Waals surface area (Å²) in [5.74, 6) is 2.05. The molecule has 2 aliphatic heterocycles. The molecule has 4 heterocycles. The molecule has 8 aliphatic carbocycles. The SMILES string of the molecule is CC(C)[C@@H](C)[C@@]1(C)CC[C@]2(C)[C@H]3CC[C@@H]4[C@@]5(COC[C@@]4(C)[C@@H](OC[C@](C)(N)C(C)(C)C)C(n4ncnc4-c4ccc(CN)cc4)C5)C3=CC[C@@]2(C)[C@@H]1C(=O)O.CC(C)[C@@H](C)[C@@]1(C)CC[C@]2(C)[C@H]3CC[C@@H]4[C@@]5(COC[C@@]4(C)[C@@H](OC[C@](C)(N)C(C)(C)C)[C@H](n4ncnc4-c4ccc(C#N)cc4)C5)C3=CC[C@@]2(C)[C@@H]1C(=O)O. The Labute approximate surface area is 658 Å². The van der Waals surface area contributed by atoms with Crippen molar-refractivity contribution >= 4 is 11.9 Å². The molecule has 0 radical (unpaired) electrons. The number of aliphatic carboxylic acids is 2. The molecular formula is C92H138N10O8. The van der Waals surface area contributed by atoms with Crippen molar-refractivity contribution in [3.05, 3.63) is 95.6 Å². The van der Waals surface area contributed by atoms with E-state index < -0.39 is 40.3 Å². The van der Waals surface area contributed by atoms with Gasteiger partial charge in [0.1, 0.15) is 12.7 Å². The number of nitrogens with two attached hydrogens (primary N) is 3. The van der Waals surface area contributed by atoms with E-state index in [9.17, 15) is 25.1 Å². The minimum atomic E-state index is -0.637. The van der Waals surface area contributed by atoms with E-state index in [1.165, 1.54) is 11.1 Å². The molecule has 6 saturated carbocycles. The summed E-state index contributed by atoms with van der Waals surface area (Å²) in [5.41, 5.74) is 22.3. The fourth-order valence-corrected chi connectivity index (χ4v) is 26.1. The predicted molar refractivity (Wildman–Crippen MR) is 432 cm³/mol. The van der Waals surface area contributed by atoms with Gasteiger partial charge in [-0.05, 0) is 211 Å². The molecule has 2 saturated heterocycles. The van der Waals surface area contributed by atoms with Crippen LogP contribution in [0.1, 0.15) is 253 Å². The summed E-state index contributed by atoms with van der Waals surface area (Å²) in [4.78, 5) is 36.9. The standard InChI is InChI=1S/C46H71N5O4.C46H67N5O4/c2*1-28(2)29(3)41(7)20-21-43(9)32-16-17-35-42(8)24-54-26-46(35,33(32)18-19-44(43,10)36(41)39(52)53)22-34(37(42)55-25-45(11,48)40(4,5)6)51-38(49-27-50-51)31-14-12-30(23-47)13-15-31/h12-15,18,27-29,32,34-37H,16-17,19-26,47-48H2,1-11H3,(H,52,53);12-15,18,27-29,32,34-37H,16-17,19-22,24-26,48H2,1-11H3,(H,52,53)/t29-,32+,34?,35+,36-,37+,41-,42-,43-,44+,45+,46+;29-,32+,34-,35+,36-,37+,41-,42-,43-,44+,45+,46+/m11/s1. The number of aromatic nitrogens is 6. The van der Waals surface area contributed by atoms with Gasteiger partial charge in [-0.25, -0.2) is 19.3 Å². The molecule has 8 fully saturated rings. The number of nitriles is 1. The zero-order valence-electron chi connectivity index (χ0n) is 71.2. The second-order valence-corrected chi connectivity index (χ2v) is 42.7. The van der Waals surface area contributed by atoms with E-state index in [0.29, 0.717) is 87.3 Å². The van der Waals surface area contributed by atoms with E-state index >= 15 is 0 Å². The number of carbonyl (C=O) groups is 2. The van der Waals surface area contributed by atoms with Crippen LogP contribution in [0, 0.1) is 135 Å². The maximum absolute atomic E-state index is 13.6. The highest BCUT2D eigenvalue weighted by Crippen LogP contribution is 2.78. The van der Waals surface area contributed by atoms with Crippen molar-refractivity contribution in [2.45, 2.75) is 271 Å². The molecule has 14 rings (SSSR count). The third-order valence-electron chi connectivity index (χ3n) is 35.2. The van der Waals surface area contributed by atoms with Gasteiger partial charge in [0, 0.05) is 50.4 Å². The Bertz CT molecular complexity index is 4190. The summed E-state index contributed by atoms with van der Waals surface area (Å²) >= 11 is 0. The van der Waals surface area contributed by atoms with Crippen molar-refractivity contribution in [2.75, 3.05) is 39.6 Å². The van der Waals surface area contributed by atoms with Crippen LogP contribution in [0.5, 0.6) is 0 Å². The van der Waals surface area contributed by atoms with Crippen LogP contribution in [-0.2, 0) is 35.1 Å². The Morgan fingerprint density at radius 3 is 1.27 bits per heavy atom. The Balaban J connectivity index is 0.000000193. The normalized spacial score (nSPS) is 40.2. The highest BCUT2D eigenvalue weighted by Gasteiger charge is 2.75. The molecule has 2 aromatic heterocycles. The summed E-state index contributed by atoms with van der Waals surface area (Å²) in [6.45, 7) is 53.5. The van der Waals surface area contributed by atoms with E-state index in [4.69, 9.17) is 56.3 Å². The number of allylic oxidation sites excluding steroid dienone is 2. The lowest BCUT2D eigenvalue weighted by molar-refractivity contribution is -0.253. The van der Waals surface area contributed by atoms with E-state index in [-0.39, 0.29) is 95.7 Å². The van der Waals surface area contributed by atoms with Gasteiger partial charge in [0.15, 0.2) is 11.6 Å². The molecule has 1 unspecified atom stereocenters. The van der Waals surface area contributed by atoms with Gasteiger partial charge in [0.05, 0.1) is 87.4 Å². The average molecular weight is 1510 g/mol. The lowest BCUT2D eigenvalue weighted by Crippen LogP contribution is -2.69. The predicted octanol–water partition coefficient (Wildman–Crippen LogP) is 17.8. The molecule has 18 nitrogen and oxygen atoms in total. The molecule has 604 valence electrons. The van der Waals surface area contributed by atoms with Crippen molar-refractivity contribution in [1.82, 2.24) is 29.5 Å². The lowest BCUT2D eigenvalue weighted by atomic mass is 9.34. The minimum absolute atomic E-state index is 0.123. The smallest absolute Gasteiger partial charge is 0.307 e. The molecule has 0 spiro atoms. The number of benzene rings is 2. The first-order chi connectivity index (χ1) is 51.2. The van der Waals surface area contributed by atoms with Gasteiger partial charge < -0.3 is 46.4 Å². The van der Waals surface area contributed by atoms with Crippen molar-refractivity contribution in [1.29, 1.82) is 5.26 Å². The van der Waals surface area contributed by atoms with Crippen molar-refractivity contribution in [3.63, 3.8) is 0 Å². The van der Waals surface area contributed by atoms with Crippen LogP contribution >= 0.6 is 0 Å². The number of fused-ring (bicyclic) bond motifs is 6. The molecule has 8 N–H and O–H groups in total. The second kappa shape index (κ2) is 28.1. The van der Waals surface area contributed by atoms with Crippen LogP contribution < -0.4 is 17.2 Å². The first-order valence-corrected chi connectivity index (χ1v) is 42.1. The molecule has 0 amide bonds. The van der Waals surface area contributed by atoms with Crippen LogP contribution in [0.25, 0.3) is 22.8 Å². The maximum Gasteiger partial charge on any atom is 0.307 e. The highest BCUT2D eigenvalue weighted by molar-refractivity contribution is 5.74. The largest absolute Gasteiger partial charge is 0.481 e. The third kappa shape index (κ3) is 12.3. The lowest BCUT2D eigenvalue weighted by Gasteiger charge is -2.71. The Kier molecular flexibility index (Phi) is 21.0. The van der Waals surface area contributed by atoms with Gasteiger partial charge in [0.25, 0.3) is 0 Å². The number of hydrogen-bond donors (Lipinski definition) is 5. The number of nitrogens with zero attached hydrogens (tertiary/aromatic N) is 7. The number of carboxylic acid groups (broad SMARTS) is 2. The number of rotatable bonds is 17.